The second kappa shape index (κ2) is 5.56. The van der Waals surface area contributed by atoms with E-state index in [0.29, 0.717) is 12.8 Å². The number of H-pyrrole nitrogens is 1. The number of rotatable bonds is 5. The lowest BCUT2D eigenvalue weighted by Gasteiger charge is -2.19. The van der Waals surface area contributed by atoms with Crippen molar-refractivity contribution in [3.63, 3.8) is 0 Å². The lowest BCUT2D eigenvalue weighted by Crippen LogP contribution is -2.44. The van der Waals surface area contributed by atoms with Crippen LogP contribution in [0.4, 0.5) is 0 Å². The third-order valence-corrected chi connectivity index (χ3v) is 3.11. The number of fused-ring (bicyclic) bond motifs is 1. The number of aromatic nitrogens is 1. The molecule has 0 saturated carbocycles. The van der Waals surface area contributed by atoms with E-state index in [2.05, 4.69) is 10.3 Å². The molecule has 2 N–H and O–H groups in total. The van der Waals surface area contributed by atoms with Crippen molar-refractivity contribution in [3.8, 4) is 0 Å². The highest BCUT2D eigenvalue weighted by atomic mass is 16.2. The molecule has 2 amide bonds. The number of nitrogens with zero attached hydrogens (tertiary/aromatic N) is 1. The van der Waals surface area contributed by atoms with Crippen LogP contribution in [0, 0.1) is 0 Å². The lowest BCUT2D eigenvalue weighted by molar-refractivity contribution is -0.132. The van der Waals surface area contributed by atoms with Crippen molar-refractivity contribution < 1.29 is 9.59 Å². The predicted octanol–water partition coefficient (Wildman–Crippen LogP) is 0.913. The summed E-state index contributed by atoms with van der Waals surface area (Å²) in [7, 11) is 3.36. The Kier molecular flexibility index (Phi) is 3.85. The first kappa shape index (κ1) is 13.1. The Morgan fingerprint density at radius 3 is 2.84 bits per heavy atom. The molecular weight excluding hydrogens is 242 g/mol. The highest BCUT2D eigenvalue weighted by molar-refractivity contribution is 5.87. The van der Waals surface area contributed by atoms with E-state index in [9.17, 15) is 9.59 Å². The summed E-state index contributed by atoms with van der Waals surface area (Å²) in [5.41, 5.74) is 2.05. The van der Waals surface area contributed by atoms with Gasteiger partial charge in [0, 0.05) is 37.6 Å². The molecule has 1 atom stereocenters. The largest absolute Gasteiger partial charge is 0.361 e. The molecule has 1 heterocycles. The molecule has 0 aliphatic carbocycles. The van der Waals surface area contributed by atoms with E-state index in [-0.39, 0.29) is 5.91 Å². The summed E-state index contributed by atoms with van der Waals surface area (Å²) < 4.78 is 0. The number of benzene rings is 1. The van der Waals surface area contributed by atoms with Gasteiger partial charge in [0.25, 0.3) is 0 Å². The van der Waals surface area contributed by atoms with Crippen molar-refractivity contribution in [3.05, 3.63) is 36.0 Å². The fourth-order valence-corrected chi connectivity index (χ4v) is 2.13. The Balaban J connectivity index is 2.26. The summed E-state index contributed by atoms with van der Waals surface area (Å²) in [6, 6.07) is 7.35. The molecule has 0 aliphatic heterocycles. The third-order valence-electron chi connectivity index (χ3n) is 3.11. The van der Waals surface area contributed by atoms with Crippen LogP contribution in [0.5, 0.6) is 0 Å². The zero-order chi connectivity index (χ0) is 13.8. The molecule has 0 fully saturated rings. The molecule has 2 aromatic rings. The Labute approximate surface area is 111 Å². The van der Waals surface area contributed by atoms with Crippen LogP contribution in [0.1, 0.15) is 5.56 Å². The van der Waals surface area contributed by atoms with Crippen LogP contribution in [-0.2, 0) is 16.0 Å². The van der Waals surface area contributed by atoms with E-state index < -0.39 is 6.04 Å². The van der Waals surface area contributed by atoms with Crippen molar-refractivity contribution in [1.82, 2.24) is 15.2 Å². The predicted molar refractivity (Wildman–Crippen MR) is 73.7 cm³/mol. The summed E-state index contributed by atoms with van der Waals surface area (Å²) in [6.45, 7) is 0. The molecule has 0 saturated heterocycles. The number of carbonyl (C=O) groups is 2. The number of amides is 2. The number of aromatic amines is 1. The SMILES string of the molecule is CN(C)C(=O)C(Cc1c[nH]c2ccccc12)NC=O. The summed E-state index contributed by atoms with van der Waals surface area (Å²) in [6.07, 6.45) is 2.92. The minimum atomic E-state index is -0.535. The number of likely N-dealkylation sites (N-methyl/N-ethyl adjacent to an activating group) is 1. The smallest absolute Gasteiger partial charge is 0.244 e. The maximum atomic E-state index is 12.0. The van der Waals surface area contributed by atoms with E-state index in [1.165, 1.54) is 4.90 Å². The first-order valence-corrected chi connectivity index (χ1v) is 6.09. The topological polar surface area (TPSA) is 65.2 Å². The zero-order valence-corrected chi connectivity index (χ0v) is 11.0. The number of hydrogen-bond acceptors (Lipinski definition) is 2. The van der Waals surface area contributed by atoms with E-state index in [0.717, 1.165) is 16.5 Å². The number of hydrogen-bond donors (Lipinski definition) is 2. The second-order valence-corrected chi connectivity index (χ2v) is 4.63. The van der Waals surface area contributed by atoms with E-state index in [4.69, 9.17) is 0 Å². The fraction of sp³-hybridized carbons (Fsp3) is 0.286. The van der Waals surface area contributed by atoms with Crippen LogP contribution < -0.4 is 5.32 Å². The second-order valence-electron chi connectivity index (χ2n) is 4.63. The van der Waals surface area contributed by atoms with Crippen LogP contribution in [-0.4, -0.2) is 42.3 Å². The van der Waals surface area contributed by atoms with Gasteiger partial charge in [-0.3, -0.25) is 9.59 Å². The van der Waals surface area contributed by atoms with E-state index in [1.807, 2.05) is 30.5 Å². The summed E-state index contributed by atoms with van der Waals surface area (Å²) in [5, 5.41) is 3.66. The summed E-state index contributed by atoms with van der Waals surface area (Å²) >= 11 is 0. The molecule has 1 aromatic heterocycles. The third kappa shape index (κ3) is 2.76. The molecule has 5 nitrogen and oxygen atoms in total. The quantitative estimate of drug-likeness (QED) is 0.784. The van der Waals surface area contributed by atoms with Gasteiger partial charge in [0.05, 0.1) is 0 Å². The van der Waals surface area contributed by atoms with Crippen LogP contribution in [0.3, 0.4) is 0 Å². The van der Waals surface area contributed by atoms with Crippen LogP contribution in [0.2, 0.25) is 0 Å². The van der Waals surface area contributed by atoms with E-state index >= 15 is 0 Å². The van der Waals surface area contributed by atoms with Gasteiger partial charge in [-0.05, 0) is 11.6 Å². The molecule has 0 radical (unpaired) electrons. The average Bonchev–Trinajstić information content (AvgIpc) is 2.81. The molecule has 5 heteroatoms. The number of nitrogens with one attached hydrogen (secondary N) is 2. The molecule has 0 spiro atoms. The number of carbonyl (C=O) groups excluding carboxylic acids is 2. The lowest BCUT2D eigenvalue weighted by atomic mass is 10.0. The molecule has 1 unspecified atom stereocenters. The molecule has 1 aromatic carbocycles. The minimum absolute atomic E-state index is 0.114. The highest BCUT2D eigenvalue weighted by Crippen LogP contribution is 2.19. The maximum absolute atomic E-state index is 12.0. The van der Waals surface area contributed by atoms with Crippen molar-refractivity contribution in [2.75, 3.05) is 14.1 Å². The molecule has 0 bridgehead atoms. The van der Waals surface area contributed by atoms with Crippen molar-refractivity contribution >= 4 is 23.2 Å². The van der Waals surface area contributed by atoms with Gasteiger partial charge in [0.2, 0.25) is 12.3 Å². The number of para-hydroxylation sites is 1. The van der Waals surface area contributed by atoms with Crippen molar-refractivity contribution in [2.24, 2.45) is 0 Å². The van der Waals surface area contributed by atoms with Crippen LogP contribution in [0.25, 0.3) is 10.9 Å². The summed E-state index contributed by atoms with van der Waals surface area (Å²) in [5.74, 6) is -0.114. The highest BCUT2D eigenvalue weighted by Gasteiger charge is 2.21. The van der Waals surface area contributed by atoms with Gasteiger partial charge in [-0.15, -0.1) is 0 Å². The fourth-order valence-electron chi connectivity index (χ4n) is 2.13. The Morgan fingerprint density at radius 2 is 2.16 bits per heavy atom. The maximum Gasteiger partial charge on any atom is 0.244 e. The van der Waals surface area contributed by atoms with Crippen LogP contribution in [0.15, 0.2) is 30.5 Å². The first-order chi connectivity index (χ1) is 9.13. The zero-order valence-electron chi connectivity index (χ0n) is 11.0. The Morgan fingerprint density at radius 1 is 1.42 bits per heavy atom. The van der Waals surface area contributed by atoms with Gasteiger partial charge in [0.1, 0.15) is 6.04 Å². The molecule has 2 rings (SSSR count). The van der Waals surface area contributed by atoms with E-state index in [1.54, 1.807) is 14.1 Å². The molecular formula is C14H17N3O2. The Hall–Kier alpha value is -2.30. The van der Waals surface area contributed by atoms with Gasteiger partial charge in [-0.25, -0.2) is 0 Å². The normalized spacial score (nSPS) is 12.1. The monoisotopic (exact) mass is 259 g/mol. The molecule has 19 heavy (non-hydrogen) atoms. The van der Waals surface area contributed by atoms with Gasteiger partial charge < -0.3 is 15.2 Å². The average molecular weight is 259 g/mol. The first-order valence-electron chi connectivity index (χ1n) is 6.09. The van der Waals surface area contributed by atoms with Crippen molar-refractivity contribution in [1.29, 1.82) is 0 Å². The summed E-state index contributed by atoms with van der Waals surface area (Å²) in [4.78, 5) is 27.3. The van der Waals surface area contributed by atoms with Gasteiger partial charge in [-0.1, -0.05) is 18.2 Å². The van der Waals surface area contributed by atoms with Gasteiger partial charge >= 0.3 is 0 Å². The van der Waals surface area contributed by atoms with Gasteiger partial charge in [0.15, 0.2) is 0 Å². The standard InChI is InChI=1S/C14H17N3O2/c1-17(2)14(19)13(16-9-18)7-10-8-15-12-6-4-3-5-11(10)12/h3-6,8-9,13,15H,7H2,1-2H3,(H,16,18). The molecule has 100 valence electrons. The van der Waals surface area contributed by atoms with Crippen molar-refractivity contribution in [2.45, 2.75) is 12.5 Å². The van der Waals surface area contributed by atoms with Crippen LogP contribution >= 0.6 is 0 Å². The van der Waals surface area contributed by atoms with Gasteiger partial charge in [-0.2, -0.15) is 0 Å². The minimum Gasteiger partial charge on any atom is -0.361 e. The Bertz CT molecular complexity index is 589. The molecule has 0 aliphatic rings.